The molecule has 4 nitrogen and oxygen atoms in total. The number of amides is 1. The number of hydrogen-bond acceptors (Lipinski definition) is 3. The number of benzene rings is 2. The van der Waals surface area contributed by atoms with Crippen molar-refractivity contribution in [2.75, 3.05) is 20.2 Å². The molecule has 0 saturated carbocycles. The fourth-order valence-corrected chi connectivity index (χ4v) is 3.74. The first-order valence-electron chi connectivity index (χ1n) is 9.83. The van der Waals surface area contributed by atoms with Crippen LogP contribution in [0.15, 0.2) is 48.5 Å². The third-order valence-electron chi connectivity index (χ3n) is 5.25. The van der Waals surface area contributed by atoms with Crippen molar-refractivity contribution in [3.8, 4) is 5.75 Å². The number of piperidine rings is 1. The molecule has 0 bridgehead atoms. The average molecular weight is 367 g/mol. The highest BCUT2D eigenvalue weighted by Crippen LogP contribution is 2.19. The van der Waals surface area contributed by atoms with Crippen molar-refractivity contribution in [1.29, 1.82) is 0 Å². The molecule has 0 aliphatic carbocycles. The summed E-state index contributed by atoms with van der Waals surface area (Å²) < 4.78 is 5.16. The zero-order valence-electron chi connectivity index (χ0n) is 16.4. The van der Waals surface area contributed by atoms with E-state index in [1.807, 2.05) is 30.3 Å². The minimum Gasteiger partial charge on any atom is -0.497 e. The fraction of sp³-hybridized carbons (Fsp3) is 0.435. The van der Waals surface area contributed by atoms with Crippen LogP contribution in [0, 0.1) is 5.92 Å². The molecule has 144 valence electrons. The molecule has 2 aromatic carbocycles. The van der Waals surface area contributed by atoms with Gasteiger partial charge in [0.05, 0.1) is 13.5 Å². The highest BCUT2D eigenvalue weighted by atomic mass is 16.5. The van der Waals surface area contributed by atoms with Crippen LogP contribution in [-0.4, -0.2) is 31.0 Å². The molecule has 27 heavy (non-hydrogen) atoms. The van der Waals surface area contributed by atoms with E-state index in [9.17, 15) is 4.79 Å². The predicted molar refractivity (Wildman–Crippen MR) is 109 cm³/mol. The number of nitrogens with zero attached hydrogens (tertiary/aromatic N) is 1. The normalized spacial score (nSPS) is 17.5. The van der Waals surface area contributed by atoms with Crippen LogP contribution >= 0.6 is 0 Å². The maximum Gasteiger partial charge on any atom is 0.224 e. The lowest BCUT2D eigenvalue weighted by Gasteiger charge is -2.31. The van der Waals surface area contributed by atoms with Crippen LogP contribution in [0.5, 0.6) is 5.75 Å². The fourth-order valence-electron chi connectivity index (χ4n) is 3.74. The Morgan fingerprint density at radius 1 is 1.15 bits per heavy atom. The van der Waals surface area contributed by atoms with E-state index in [0.29, 0.717) is 13.0 Å². The van der Waals surface area contributed by atoms with Crippen LogP contribution in [0.2, 0.25) is 0 Å². The molecule has 1 N–H and O–H groups in total. The maximum absolute atomic E-state index is 12.3. The van der Waals surface area contributed by atoms with E-state index in [1.54, 1.807) is 7.11 Å². The molecule has 4 heteroatoms. The van der Waals surface area contributed by atoms with Gasteiger partial charge in [0.1, 0.15) is 5.75 Å². The van der Waals surface area contributed by atoms with E-state index in [4.69, 9.17) is 4.74 Å². The van der Waals surface area contributed by atoms with E-state index in [-0.39, 0.29) is 5.91 Å². The summed E-state index contributed by atoms with van der Waals surface area (Å²) >= 11 is 0. The van der Waals surface area contributed by atoms with Gasteiger partial charge in [-0.25, -0.2) is 0 Å². The lowest BCUT2D eigenvalue weighted by molar-refractivity contribution is -0.120. The minimum absolute atomic E-state index is 0.0431. The van der Waals surface area contributed by atoms with Crippen molar-refractivity contribution < 1.29 is 9.53 Å². The summed E-state index contributed by atoms with van der Waals surface area (Å²) in [6.45, 7) is 6.21. The van der Waals surface area contributed by atoms with E-state index < -0.39 is 0 Å². The Morgan fingerprint density at radius 3 is 2.59 bits per heavy atom. The van der Waals surface area contributed by atoms with Gasteiger partial charge < -0.3 is 10.1 Å². The van der Waals surface area contributed by atoms with Gasteiger partial charge in [-0.3, -0.25) is 9.69 Å². The molecule has 1 aliphatic rings. The minimum atomic E-state index is 0.0431. The van der Waals surface area contributed by atoms with Gasteiger partial charge in [-0.2, -0.15) is 0 Å². The smallest absolute Gasteiger partial charge is 0.224 e. The Morgan fingerprint density at radius 2 is 1.89 bits per heavy atom. The van der Waals surface area contributed by atoms with E-state index in [0.717, 1.165) is 30.3 Å². The van der Waals surface area contributed by atoms with E-state index in [1.165, 1.54) is 30.5 Å². The maximum atomic E-state index is 12.3. The number of rotatable bonds is 7. The molecule has 1 amide bonds. The van der Waals surface area contributed by atoms with Gasteiger partial charge in [0.15, 0.2) is 0 Å². The van der Waals surface area contributed by atoms with Gasteiger partial charge in [0, 0.05) is 19.6 Å². The van der Waals surface area contributed by atoms with Crippen LogP contribution in [0.3, 0.4) is 0 Å². The van der Waals surface area contributed by atoms with Crippen molar-refractivity contribution in [3.05, 3.63) is 65.2 Å². The van der Waals surface area contributed by atoms with Crippen LogP contribution in [-0.2, 0) is 24.3 Å². The Labute approximate surface area is 162 Å². The number of carbonyl (C=O) groups is 1. The lowest BCUT2D eigenvalue weighted by Crippen LogP contribution is -2.34. The van der Waals surface area contributed by atoms with E-state index in [2.05, 4.69) is 35.3 Å². The van der Waals surface area contributed by atoms with Gasteiger partial charge in [-0.1, -0.05) is 43.3 Å². The summed E-state index contributed by atoms with van der Waals surface area (Å²) in [6, 6.07) is 16.1. The van der Waals surface area contributed by atoms with Crippen LogP contribution < -0.4 is 10.1 Å². The average Bonchev–Trinajstić information content (AvgIpc) is 2.68. The Hall–Kier alpha value is -2.33. The third-order valence-corrected chi connectivity index (χ3v) is 5.25. The highest BCUT2D eigenvalue weighted by Gasteiger charge is 2.17. The lowest BCUT2D eigenvalue weighted by atomic mass is 9.99. The standard InChI is InChI=1S/C23H30N2O2/c1-18-6-5-13-25(16-18)17-21-8-4-3-7-20(21)15-24-23(26)14-19-9-11-22(27-2)12-10-19/h3-4,7-12,18H,5-6,13-17H2,1-2H3,(H,24,26)/t18-/m0/s1. The third kappa shape index (κ3) is 5.83. The zero-order chi connectivity index (χ0) is 19.1. The number of carbonyl (C=O) groups excluding carboxylic acids is 1. The number of ether oxygens (including phenoxy) is 1. The Kier molecular flexibility index (Phi) is 6.88. The molecule has 2 aromatic rings. The molecule has 1 aliphatic heterocycles. The summed E-state index contributed by atoms with van der Waals surface area (Å²) in [4.78, 5) is 14.9. The molecule has 0 aromatic heterocycles. The van der Waals surface area contributed by atoms with Gasteiger partial charge >= 0.3 is 0 Å². The number of nitrogens with one attached hydrogen (secondary N) is 1. The summed E-state index contributed by atoms with van der Waals surface area (Å²) in [6.07, 6.45) is 3.00. The van der Waals surface area contributed by atoms with E-state index >= 15 is 0 Å². The van der Waals surface area contributed by atoms with Gasteiger partial charge in [0.2, 0.25) is 5.91 Å². The van der Waals surface area contributed by atoms with Gasteiger partial charge in [-0.15, -0.1) is 0 Å². The Bertz CT molecular complexity index is 742. The summed E-state index contributed by atoms with van der Waals surface area (Å²) in [5, 5.41) is 3.07. The summed E-state index contributed by atoms with van der Waals surface area (Å²) in [5.41, 5.74) is 3.51. The van der Waals surface area contributed by atoms with Crippen molar-refractivity contribution in [2.45, 2.75) is 39.3 Å². The molecule has 0 spiro atoms. The topological polar surface area (TPSA) is 41.6 Å². The monoisotopic (exact) mass is 366 g/mol. The zero-order valence-corrected chi connectivity index (χ0v) is 16.4. The predicted octanol–water partition coefficient (Wildman–Crippen LogP) is 3.79. The molecule has 1 fully saturated rings. The van der Waals surface area contributed by atoms with Crippen molar-refractivity contribution in [1.82, 2.24) is 10.2 Å². The second-order valence-corrected chi connectivity index (χ2v) is 7.55. The Balaban J connectivity index is 1.54. The summed E-state index contributed by atoms with van der Waals surface area (Å²) in [5.74, 6) is 1.62. The molecule has 3 rings (SSSR count). The second kappa shape index (κ2) is 9.56. The molecular weight excluding hydrogens is 336 g/mol. The highest BCUT2D eigenvalue weighted by molar-refractivity contribution is 5.78. The molecule has 1 saturated heterocycles. The van der Waals surface area contributed by atoms with Crippen LogP contribution in [0.4, 0.5) is 0 Å². The summed E-state index contributed by atoms with van der Waals surface area (Å²) in [7, 11) is 1.64. The quantitative estimate of drug-likeness (QED) is 0.811. The SMILES string of the molecule is COc1ccc(CC(=O)NCc2ccccc2CN2CCC[C@H](C)C2)cc1. The first-order chi connectivity index (χ1) is 13.1. The number of likely N-dealkylation sites (tertiary alicyclic amines) is 1. The number of hydrogen-bond donors (Lipinski definition) is 1. The molecule has 1 heterocycles. The second-order valence-electron chi connectivity index (χ2n) is 7.55. The molecule has 1 atom stereocenters. The van der Waals surface area contributed by atoms with Crippen molar-refractivity contribution in [3.63, 3.8) is 0 Å². The van der Waals surface area contributed by atoms with Gasteiger partial charge in [-0.05, 0) is 54.1 Å². The van der Waals surface area contributed by atoms with Crippen molar-refractivity contribution in [2.24, 2.45) is 5.92 Å². The molecule has 0 radical (unpaired) electrons. The number of methoxy groups -OCH3 is 1. The van der Waals surface area contributed by atoms with Gasteiger partial charge in [0.25, 0.3) is 0 Å². The molecule has 0 unspecified atom stereocenters. The van der Waals surface area contributed by atoms with Crippen molar-refractivity contribution >= 4 is 5.91 Å². The molecular formula is C23H30N2O2. The first-order valence-corrected chi connectivity index (χ1v) is 9.83. The van der Waals surface area contributed by atoms with Crippen LogP contribution in [0.25, 0.3) is 0 Å². The largest absolute Gasteiger partial charge is 0.497 e. The van der Waals surface area contributed by atoms with Crippen LogP contribution in [0.1, 0.15) is 36.5 Å². The first kappa shape index (κ1) is 19.4.